The van der Waals surface area contributed by atoms with Crippen molar-refractivity contribution in [2.45, 2.75) is 0 Å². The van der Waals surface area contributed by atoms with E-state index in [0.717, 1.165) is 77.3 Å². The van der Waals surface area contributed by atoms with Gasteiger partial charge in [0.15, 0.2) is 17.5 Å². The molecule has 0 N–H and O–H groups in total. The number of hydrogen-bond acceptors (Lipinski definition) is 5. The van der Waals surface area contributed by atoms with E-state index in [0.29, 0.717) is 17.5 Å². The van der Waals surface area contributed by atoms with Gasteiger partial charge in [0.2, 0.25) is 0 Å². The lowest BCUT2D eigenvalue weighted by Crippen LogP contribution is -2.01. The maximum atomic E-state index is 6.41. The fourth-order valence-electron chi connectivity index (χ4n) is 6.88. The van der Waals surface area contributed by atoms with E-state index >= 15 is 0 Å². The predicted molar refractivity (Wildman–Crippen MR) is 202 cm³/mol. The van der Waals surface area contributed by atoms with Crippen LogP contribution in [-0.4, -0.2) is 15.0 Å². The van der Waals surface area contributed by atoms with Crippen molar-refractivity contribution in [1.82, 2.24) is 15.0 Å². The standard InChI is InChI=1S/C45H27N3O2/c1-4-12-28(13-5-1)31-21-23-40-36(24-31)34-22-20-32(25-41(34)50-40)44-46-43(30-16-8-3-9-17-30)47-45(48-44)38-27-42-37(33-18-10-11-19-39(33)49-42)26-35(38)29-14-6-2-7-15-29/h1-27H. The van der Waals surface area contributed by atoms with E-state index in [1.54, 1.807) is 0 Å². The van der Waals surface area contributed by atoms with Crippen LogP contribution in [0.25, 0.3) is 100 Å². The van der Waals surface area contributed by atoms with Crippen LogP contribution in [0.3, 0.4) is 0 Å². The topological polar surface area (TPSA) is 65.0 Å². The number of furan rings is 2. The van der Waals surface area contributed by atoms with Gasteiger partial charge in [-0.3, -0.25) is 0 Å². The van der Waals surface area contributed by atoms with Crippen LogP contribution in [0, 0.1) is 0 Å². The smallest absolute Gasteiger partial charge is 0.164 e. The maximum Gasteiger partial charge on any atom is 0.164 e. The van der Waals surface area contributed by atoms with Crippen molar-refractivity contribution in [2.75, 3.05) is 0 Å². The molecule has 0 amide bonds. The van der Waals surface area contributed by atoms with Crippen molar-refractivity contribution in [3.05, 3.63) is 164 Å². The third-order valence-electron chi connectivity index (χ3n) is 9.35. The minimum Gasteiger partial charge on any atom is -0.456 e. The predicted octanol–water partition coefficient (Wildman–Crippen LogP) is 12.0. The zero-order valence-electron chi connectivity index (χ0n) is 26.7. The first-order valence-electron chi connectivity index (χ1n) is 16.6. The highest BCUT2D eigenvalue weighted by Crippen LogP contribution is 2.40. The summed E-state index contributed by atoms with van der Waals surface area (Å²) < 4.78 is 12.8. The lowest BCUT2D eigenvalue weighted by Gasteiger charge is -2.12. The highest BCUT2D eigenvalue weighted by atomic mass is 16.3. The molecule has 0 saturated heterocycles. The minimum atomic E-state index is 0.560. The molecule has 0 aliphatic carbocycles. The van der Waals surface area contributed by atoms with E-state index in [1.807, 2.05) is 72.8 Å². The van der Waals surface area contributed by atoms with Crippen LogP contribution in [0.4, 0.5) is 0 Å². The molecule has 0 atom stereocenters. The van der Waals surface area contributed by atoms with Crippen molar-refractivity contribution in [3.63, 3.8) is 0 Å². The summed E-state index contributed by atoms with van der Waals surface area (Å²) in [6.45, 7) is 0. The normalized spacial score (nSPS) is 11.6. The average Bonchev–Trinajstić information content (AvgIpc) is 3.75. The molecule has 5 nitrogen and oxygen atoms in total. The molecule has 0 radical (unpaired) electrons. The summed E-state index contributed by atoms with van der Waals surface area (Å²) >= 11 is 0. The number of hydrogen-bond donors (Lipinski definition) is 0. The van der Waals surface area contributed by atoms with E-state index in [9.17, 15) is 0 Å². The van der Waals surface area contributed by atoms with Crippen molar-refractivity contribution in [3.8, 4) is 56.4 Å². The number of fused-ring (bicyclic) bond motifs is 6. The Morgan fingerprint density at radius 3 is 1.58 bits per heavy atom. The molecule has 10 aromatic rings. The molecular weight excluding hydrogens is 615 g/mol. The van der Waals surface area contributed by atoms with E-state index in [2.05, 4.69) is 91.0 Å². The van der Waals surface area contributed by atoms with E-state index in [-0.39, 0.29) is 0 Å². The number of rotatable bonds is 5. The van der Waals surface area contributed by atoms with E-state index in [4.69, 9.17) is 23.8 Å². The Hall–Kier alpha value is -6.85. The first kappa shape index (κ1) is 28.2. The van der Waals surface area contributed by atoms with Gasteiger partial charge in [-0.25, -0.2) is 15.0 Å². The Balaban J connectivity index is 1.18. The Morgan fingerprint density at radius 2 is 0.820 bits per heavy atom. The Bertz CT molecular complexity index is 2860. The molecule has 234 valence electrons. The zero-order chi connectivity index (χ0) is 33.0. The van der Waals surface area contributed by atoms with Crippen LogP contribution in [0.2, 0.25) is 0 Å². The van der Waals surface area contributed by atoms with Crippen molar-refractivity contribution < 1.29 is 8.83 Å². The van der Waals surface area contributed by atoms with Crippen LogP contribution in [0.1, 0.15) is 0 Å². The van der Waals surface area contributed by atoms with Crippen molar-refractivity contribution in [2.24, 2.45) is 0 Å². The van der Waals surface area contributed by atoms with Gasteiger partial charge in [-0.15, -0.1) is 0 Å². The van der Waals surface area contributed by atoms with Gasteiger partial charge in [0, 0.05) is 38.2 Å². The largest absolute Gasteiger partial charge is 0.456 e. The van der Waals surface area contributed by atoms with Crippen LogP contribution >= 0.6 is 0 Å². The number of aromatic nitrogens is 3. The average molecular weight is 642 g/mol. The van der Waals surface area contributed by atoms with Crippen LogP contribution < -0.4 is 0 Å². The highest BCUT2D eigenvalue weighted by Gasteiger charge is 2.20. The Kier molecular flexibility index (Phi) is 6.42. The Labute approximate surface area is 287 Å². The summed E-state index contributed by atoms with van der Waals surface area (Å²) in [5.74, 6) is 1.71. The summed E-state index contributed by atoms with van der Waals surface area (Å²) in [6, 6.07) is 55.8. The zero-order valence-corrected chi connectivity index (χ0v) is 26.7. The van der Waals surface area contributed by atoms with Gasteiger partial charge in [-0.1, -0.05) is 121 Å². The second-order valence-corrected chi connectivity index (χ2v) is 12.4. The monoisotopic (exact) mass is 641 g/mol. The summed E-state index contributed by atoms with van der Waals surface area (Å²) in [5.41, 5.74) is 10.2. The van der Waals surface area contributed by atoms with Gasteiger partial charge in [-0.05, 0) is 64.7 Å². The molecule has 0 saturated carbocycles. The second-order valence-electron chi connectivity index (χ2n) is 12.4. The molecule has 3 heterocycles. The first-order valence-corrected chi connectivity index (χ1v) is 16.6. The fraction of sp³-hybridized carbons (Fsp3) is 0. The van der Waals surface area contributed by atoms with Gasteiger partial charge in [0.05, 0.1) is 0 Å². The van der Waals surface area contributed by atoms with Crippen molar-refractivity contribution in [1.29, 1.82) is 0 Å². The van der Waals surface area contributed by atoms with Gasteiger partial charge in [0.25, 0.3) is 0 Å². The molecule has 50 heavy (non-hydrogen) atoms. The van der Waals surface area contributed by atoms with Gasteiger partial charge in [-0.2, -0.15) is 0 Å². The summed E-state index contributed by atoms with van der Waals surface area (Å²) in [6.07, 6.45) is 0. The number of benzene rings is 7. The lowest BCUT2D eigenvalue weighted by atomic mass is 9.96. The molecule has 0 aliphatic rings. The summed E-state index contributed by atoms with van der Waals surface area (Å²) in [4.78, 5) is 15.3. The molecule has 0 bridgehead atoms. The SMILES string of the molecule is c1ccc(-c2ccc3oc4cc(-c5nc(-c6ccccc6)nc(-c6cc7oc8ccccc8c7cc6-c6ccccc6)n5)ccc4c3c2)cc1. The first-order chi connectivity index (χ1) is 24.7. The molecule has 3 aromatic heterocycles. The molecule has 5 heteroatoms. The molecule has 7 aromatic carbocycles. The Morgan fingerprint density at radius 1 is 0.280 bits per heavy atom. The number of para-hydroxylation sites is 1. The number of nitrogens with zero attached hydrogens (tertiary/aromatic N) is 3. The highest BCUT2D eigenvalue weighted by molar-refractivity contribution is 6.09. The van der Waals surface area contributed by atoms with Gasteiger partial charge >= 0.3 is 0 Å². The molecule has 0 fully saturated rings. The third-order valence-corrected chi connectivity index (χ3v) is 9.35. The summed E-state index contributed by atoms with van der Waals surface area (Å²) in [5, 5.41) is 4.23. The molecule has 0 spiro atoms. The second kappa shape index (κ2) is 11.4. The quantitative estimate of drug-likeness (QED) is 0.187. The molecule has 0 aliphatic heterocycles. The molecule has 10 rings (SSSR count). The van der Waals surface area contributed by atoms with Crippen LogP contribution in [0.15, 0.2) is 173 Å². The van der Waals surface area contributed by atoms with E-state index < -0.39 is 0 Å². The minimum absolute atomic E-state index is 0.560. The lowest BCUT2D eigenvalue weighted by molar-refractivity contribution is 0.668. The van der Waals surface area contributed by atoms with Crippen LogP contribution in [0.5, 0.6) is 0 Å². The third kappa shape index (κ3) is 4.75. The van der Waals surface area contributed by atoms with Gasteiger partial charge in [0.1, 0.15) is 22.3 Å². The molecule has 0 unspecified atom stereocenters. The van der Waals surface area contributed by atoms with E-state index in [1.165, 1.54) is 5.56 Å². The summed E-state index contributed by atoms with van der Waals surface area (Å²) in [7, 11) is 0. The van der Waals surface area contributed by atoms with Crippen LogP contribution in [-0.2, 0) is 0 Å². The van der Waals surface area contributed by atoms with Crippen molar-refractivity contribution >= 4 is 43.9 Å². The maximum absolute atomic E-state index is 6.41. The van der Waals surface area contributed by atoms with Gasteiger partial charge < -0.3 is 8.83 Å². The fourth-order valence-corrected chi connectivity index (χ4v) is 6.88. The molecular formula is C45H27N3O2.